The molecular formula is C10H16N2O3. The molecule has 84 valence electrons. The lowest BCUT2D eigenvalue weighted by Gasteiger charge is -2.24. The average Bonchev–Trinajstić information content (AvgIpc) is 2.72. The maximum absolute atomic E-state index is 11.8. The van der Waals surface area contributed by atoms with E-state index in [1.165, 1.54) is 0 Å². The van der Waals surface area contributed by atoms with Gasteiger partial charge in [0.15, 0.2) is 0 Å². The lowest BCUT2D eigenvalue weighted by molar-refractivity contribution is -0.143. The van der Waals surface area contributed by atoms with Gasteiger partial charge in [-0.05, 0) is 26.2 Å². The fraction of sp³-hybridized carbons (Fsp3) is 0.800. The van der Waals surface area contributed by atoms with Crippen molar-refractivity contribution in [2.75, 3.05) is 0 Å². The van der Waals surface area contributed by atoms with E-state index < -0.39 is 12.0 Å². The van der Waals surface area contributed by atoms with Gasteiger partial charge in [0, 0.05) is 12.1 Å². The standard InChI is InChI=1S/C10H16N2O3/c1-5(11)9(13)12-6-2-3-8(12)7(4-6)10(14)15/h5-8H,2-4,11H2,1H3,(H,14,15). The number of rotatable bonds is 2. The van der Waals surface area contributed by atoms with Crippen molar-refractivity contribution in [3.8, 4) is 0 Å². The summed E-state index contributed by atoms with van der Waals surface area (Å²) in [7, 11) is 0. The first kappa shape index (κ1) is 10.4. The number of nitrogens with two attached hydrogens (primary N) is 1. The molecule has 0 aliphatic carbocycles. The molecule has 5 nitrogen and oxygen atoms in total. The van der Waals surface area contributed by atoms with Crippen LogP contribution in [0.4, 0.5) is 0 Å². The predicted molar refractivity (Wildman–Crippen MR) is 53.0 cm³/mol. The molecule has 1 amide bonds. The summed E-state index contributed by atoms with van der Waals surface area (Å²) in [5.41, 5.74) is 5.55. The third-order valence-electron chi connectivity index (χ3n) is 3.50. The number of carboxylic acid groups (broad SMARTS) is 1. The summed E-state index contributed by atoms with van der Waals surface area (Å²) in [6, 6.07) is -0.541. The minimum absolute atomic E-state index is 0.105. The van der Waals surface area contributed by atoms with Crippen LogP contribution < -0.4 is 5.73 Å². The highest BCUT2D eigenvalue weighted by molar-refractivity contribution is 5.84. The first-order valence-corrected chi connectivity index (χ1v) is 5.33. The number of nitrogens with zero attached hydrogens (tertiary/aromatic N) is 1. The molecule has 4 unspecified atom stereocenters. The fourth-order valence-corrected chi connectivity index (χ4v) is 2.83. The molecule has 2 rings (SSSR count). The van der Waals surface area contributed by atoms with Gasteiger partial charge in [-0.15, -0.1) is 0 Å². The molecule has 2 bridgehead atoms. The van der Waals surface area contributed by atoms with Crippen LogP contribution in [0.2, 0.25) is 0 Å². The summed E-state index contributed by atoms with van der Waals surface area (Å²) < 4.78 is 0. The number of fused-ring (bicyclic) bond motifs is 2. The molecule has 0 radical (unpaired) electrons. The minimum Gasteiger partial charge on any atom is -0.481 e. The van der Waals surface area contributed by atoms with Gasteiger partial charge in [-0.2, -0.15) is 0 Å². The van der Waals surface area contributed by atoms with Gasteiger partial charge in [-0.1, -0.05) is 0 Å². The first-order chi connectivity index (χ1) is 7.02. The molecule has 0 aromatic rings. The van der Waals surface area contributed by atoms with E-state index in [-0.39, 0.29) is 23.9 Å². The van der Waals surface area contributed by atoms with Crippen molar-refractivity contribution >= 4 is 11.9 Å². The Morgan fingerprint density at radius 2 is 2.13 bits per heavy atom. The number of carbonyl (C=O) groups is 2. The van der Waals surface area contributed by atoms with Gasteiger partial charge in [0.2, 0.25) is 5.91 Å². The number of hydrogen-bond acceptors (Lipinski definition) is 3. The second-order valence-electron chi connectivity index (χ2n) is 4.51. The first-order valence-electron chi connectivity index (χ1n) is 5.33. The maximum atomic E-state index is 11.8. The van der Waals surface area contributed by atoms with Gasteiger partial charge in [0.1, 0.15) is 0 Å². The highest BCUT2D eigenvalue weighted by atomic mass is 16.4. The highest BCUT2D eigenvalue weighted by Crippen LogP contribution is 2.41. The topological polar surface area (TPSA) is 83.6 Å². The van der Waals surface area contributed by atoms with Gasteiger partial charge in [0.05, 0.1) is 12.0 Å². The van der Waals surface area contributed by atoms with Gasteiger partial charge in [0.25, 0.3) is 0 Å². The number of carboxylic acids is 1. The second kappa shape index (κ2) is 3.48. The van der Waals surface area contributed by atoms with Crippen molar-refractivity contribution in [2.24, 2.45) is 11.7 Å². The lowest BCUT2D eigenvalue weighted by atomic mass is 9.89. The molecule has 0 spiro atoms. The largest absolute Gasteiger partial charge is 0.481 e. The van der Waals surface area contributed by atoms with E-state index in [4.69, 9.17) is 10.8 Å². The summed E-state index contributed by atoms with van der Waals surface area (Å²) in [6.45, 7) is 1.65. The van der Waals surface area contributed by atoms with Crippen LogP contribution in [0.25, 0.3) is 0 Å². The van der Waals surface area contributed by atoms with E-state index >= 15 is 0 Å². The normalized spacial score (nSPS) is 35.6. The average molecular weight is 212 g/mol. The Morgan fingerprint density at radius 1 is 1.47 bits per heavy atom. The number of hydrogen-bond donors (Lipinski definition) is 2. The van der Waals surface area contributed by atoms with Crippen molar-refractivity contribution < 1.29 is 14.7 Å². The van der Waals surface area contributed by atoms with Crippen LogP contribution >= 0.6 is 0 Å². The zero-order chi connectivity index (χ0) is 11.2. The summed E-state index contributed by atoms with van der Waals surface area (Å²) in [5, 5.41) is 9.00. The van der Waals surface area contributed by atoms with Gasteiger partial charge >= 0.3 is 5.97 Å². The molecule has 5 heteroatoms. The van der Waals surface area contributed by atoms with Crippen molar-refractivity contribution in [3.05, 3.63) is 0 Å². The third-order valence-corrected chi connectivity index (χ3v) is 3.50. The smallest absolute Gasteiger partial charge is 0.308 e. The van der Waals surface area contributed by atoms with E-state index in [0.29, 0.717) is 6.42 Å². The molecule has 2 aliphatic heterocycles. The summed E-state index contributed by atoms with van der Waals surface area (Å²) in [5.74, 6) is -1.28. The predicted octanol–water partition coefficient (Wildman–Crippen LogP) is -0.202. The summed E-state index contributed by atoms with van der Waals surface area (Å²) >= 11 is 0. The molecule has 0 aromatic heterocycles. The Bertz CT molecular complexity index is 303. The molecule has 4 atom stereocenters. The zero-order valence-corrected chi connectivity index (χ0v) is 8.72. The van der Waals surface area contributed by atoms with E-state index in [2.05, 4.69) is 0 Å². The molecule has 2 fully saturated rings. The molecule has 2 saturated heterocycles. The van der Waals surface area contributed by atoms with Crippen molar-refractivity contribution in [1.29, 1.82) is 0 Å². The molecule has 2 aliphatic rings. The van der Waals surface area contributed by atoms with Crippen LogP contribution in [-0.2, 0) is 9.59 Å². The van der Waals surface area contributed by atoms with Crippen LogP contribution in [0.1, 0.15) is 26.2 Å². The van der Waals surface area contributed by atoms with Crippen molar-refractivity contribution in [2.45, 2.75) is 44.3 Å². The quantitative estimate of drug-likeness (QED) is 0.663. The summed E-state index contributed by atoms with van der Waals surface area (Å²) in [6.07, 6.45) is 2.32. The van der Waals surface area contributed by atoms with E-state index in [1.54, 1.807) is 11.8 Å². The Labute approximate surface area is 88.2 Å². The Hall–Kier alpha value is -1.10. The second-order valence-corrected chi connectivity index (χ2v) is 4.51. The number of carbonyl (C=O) groups excluding carboxylic acids is 1. The van der Waals surface area contributed by atoms with Gasteiger partial charge in [-0.25, -0.2) is 0 Å². The van der Waals surface area contributed by atoms with Crippen molar-refractivity contribution in [1.82, 2.24) is 4.90 Å². The minimum atomic E-state index is -0.787. The Morgan fingerprint density at radius 3 is 2.60 bits per heavy atom. The molecule has 0 saturated carbocycles. The van der Waals surface area contributed by atoms with Gasteiger partial charge in [-0.3, -0.25) is 9.59 Å². The SMILES string of the molecule is CC(N)C(=O)N1C2CCC1C(C(=O)O)C2. The fourth-order valence-electron chi connectivity index (χ4n) is 2.83. The van der Waals surface area contributed by atoms with E-state index in [0.717, 1.165) is 12.8 Å². The maximum Gasteiger partial charge on any atom is 0.308 e. The van der Waals surface area contributed by atoms with Crippen LogP contribution in [0.3, 0.4) is 0 Å². The van der Waals surface area contributed by atoms with Crippen LogP contribution in [0.15, 0.2) is 0 Å². The van der Waals surface area contributed by atoms with Gasteiger partial charge < -0.3 is 15.7 Å². The lowest BCUT2D eigenvalue weighted by Crippen LogP contribution is -2.45. The monoisotopic (exact) mass is 212 g/mol. The molecular weight excluding hydrogens is 196 g/mol. The third kappa shape index (κ3) is 1.51. The number of aliphatic carboxylic acids is 1. The number of amides is 1. The molecule has 3 N–H and O–H groups in total. The van der Waals surface area contributed by atoms with Crippen molar-refractivity contribution in [3.63, 3.8) is 0 Å². The van der Waals surface area contributed by atoms with Crippen LogP contribution in [-0.4, -0.2) is 40.0 Å². The van der Waals surface area contributed by atoms with Crippen LogP contribution in [0, 0.1) is 5.92 Å². The molecule has 15 heavy (non-hydrogen) atoms. The zero-order valence-electron chi connectivity index (χ0n) is 8.72. The Kier molecular flexibility index (Phi) is 2.42. The van der Waals surface area contributed by atoms with E-state index in [9.17, 15) is 9.59 Å². The van der Waals surface area contributed by atoms with E-state index in [1.807, 2.05) is 0 Å². The Balaban J connectivity index is 2.16. The van der Waals surface area contributed by atoms with Crippen LogP contribution in [0.5, 0.6) is 0 Å². The summed E-state index contributed by atoms with van der Waals surface area (Å²) in [4.78, 5) is 24.5. The highest BCUT2D eigenvalue weighted by Gasteiger charge is 2.51. The molecule has 0 aromatic carbocycles. The molecule has 2 heterocycles.